The predicted octanol–water partition coefficient (Wildman–Crippen LogP) is -0.0987. The Labute approximate surface area is 171 Å². The average molecular weight is 424 g/mol. The van der Waals surface area contributed by atoms with Crippen molar-refractivity contribution in [3.05, 3.63) is 29.2 Å². The SMILES string of the molecule is CC(=O)O.O=C(N[C@@H]1CC[C@H](C(=O)NCCn2cncn2)C[C@H]1O)c1cscn1. The van der Waals surface area contributed by atoms with Crippen LogP contribution >= 0.6 is 11.3 Å². The maximum absolute atomic E-state index is 12.2. The van der Waals surface area contributed by atoms with Crippen LogP contribution in [0.1, 0.15) is 36.7 Å². The fourth-order valence-electron chi connectivity index (χ4n) is 2.91. The van der Waals surface area contributed by atoms with Crippen LogP contribution in [0.2, 0.25) is 0 Å². The van der Waals surface area contributed by atoms with E-state index in [1.165, 1.54) is 17.7 Å². The lowest BCUT2D eigenvalue weighted by atomic mass is 9.83. The molecule has 2 aromatic heterocycles. The van der Waals surface area contributed by atoms with Crippen molar-refractivity contribution in [1.82, 2.24) is 30.4 Å². The van der Waals surface area contributed by atoms with Crippen LogP contribution in [0.15, 0.2) is 23.5 Å². The quantitative estimate of drug-likeness (QED) is 0.500. The molecule has 158 valence electrons. The number of carboxylic acids is 1. The van der Waals surface area contributed by atoms with Gasteiger partial charge in [0.15, 0.2) is 0 Å². The number of aliphatic hydroxyl groups excluding tert-OH is 1. The van der Waals surface area contributed by atoms with Gasteiger partial charge in [-0.25, -0.2) is 9.97 Å². The van der Waals surface area contributed by atoms with Crippen LogP contribution in [0, 0.1) is 5.92 Å². The van der Waals surface area contributed by atoms with Crippen molar-refractivity contribution in [1.29, 1.82) is 0 Å². The van der Waals surface area contributed by atoms with Crippen molar-refractivity contribution in [3.8, 4) is 0 Å². The van der Waals surface area contributed by atoms with E-state index in [1.54, 1.807) is 21.9 Å². The molecule has 0 bridgehead atoms. The normalized spacial score (nSPS) is 20.8. The van der Waals surface area contributed by atoms with Gasteiger partial charge in [0, 0.05) is 24.8 Å². The summed E-state index contributed by atoms with van der Waals surface area (Å²) in [4.78, 5) is 41.0. The third-order valence-electron chi connectivity index (χ3n) is 4.28. The number of aromatic nitrogens is 4. The Morgan fingerprint density at radius 1 is 1.34 bits per heavy atom. The van der Waals surface area contributed by atoms with Gasteiger partial charge >= 0.3 is 0 Å². The molecular formula is C17H24N6O5S. The molecule has 11 nitrogen and oxygen atoms in total. The zero-order chi connectivity index (χ0) is 21.2. The first-order chi connectivity index (χ1) is 13.9. The Morgan fingerprint density at radius 2 is 2.10 bits per heavy atom. The number of rotatable bonds is 6. The minimum absolute atomic E-state index is 0.0801. The molecule has 0 radical (unpaired) electrons. The molecule has 1 aliphatic carbocycles. The zero-order valence-corrected chi connectivity index (χ0v) is 16.7. The zero-order valence-electron chi connectivity index (χ0n) is 15.9. The monoisotopic (exact) mass is 424 g/mol. The number of aliphatic carboxylic acids is 1. The van der Waals surface area contributed by atoms with Crippen molar-refractivity contribution in [3.63, 3.8) is 0 Å². The van der Waals surface area contributed by atoms with E-state index in [1.807, 2.05) is 0 Å². The minimum atomic E-state index is -0.833. The topological polar surface area (TPSA) is 159 Å². The molecule has 4 N–H and O–H groups in total. The molecule has 2 amide bonds. The molecule has 3 rings (SSSR count). The van der Waals surface area contributed by atoms with Gasteiger partial charge in [-0.15, -0.1) is 11.3 Å². The van der Waals surface area contributed by atoms with Gasteiger partial charge in [0.05, 0.1) is 24.2 Å². The maximum atomic E-state index is 12.2. The highest BCUT2D eigenvalue weighted by Crippen LogP contribution is 2.25. The Bertz CT molecular complexity index is 778. The second kappa shape index (κ2) is 11.2. The van der Waals surface area contributed by atoms with Crippen LogP contribution in [0.25, 0.3) is 0 Å². The van der Waals surface area contributed by atoms with Gasteiger partial charge in [0.2, 0.25) is 5.91 Å². The molecule has 3 atom stereocenters. The van der Waals surface area contributed by atoms with Gasteiger partial charge in [-0.1, -0.05) is 0 Å². The minimum Gasteiger partial charge on any atom is -0.481 e. The van der Waals surface area contributed by atoms with Gasteiger partial charge in [-0.2, -0.15) is 5.10 Å². The molecule has 0 aromatic carbocycles. The van der Waals surface area contributed by atoms with E-state index in [-0.39, 0.29) is 23.8 Å². The van der Waals surface area contributed by atoms with Gasteiger partial charge < -0.3 is 20.8 Å². The highest BCUT2D eigenvalue weighted by Gasteiger charge is 2.33. The first kappa shape index (κ1) is 22.4. The molecule has 0 saturated heterocycles. The predicted molar refractivity (Wildman–Crippen MR) is 103 cm³/mol. The summed E-state index contributed by atoms with van der Waals surface area (Å²) in [5.41, 5.74) is 1.94. The van der Waals surface area contributed by atoms with Gasteiger partial charge in [-0.05, 0) is 19.3 Å². The molecule has 29 heavy (non-hydrogen) atoms. The Hall–Kier alpha value is -2.86. The molecule has 12 heteroatoms. The van der Waals surface area contributed by atoms with Crippen LogP contribution in [0.3, 0.4) is 0 Å². The molecule has 2 aromatic rings. The summed E-state index contributed by atoms with van der Waals surface area (Å²) in [6, 6.07) is -0.353. The first-order valence-electron chi connectivity index (χ1n) is 9.03. The van der Waals surface area contributed by atoms with Crippen LogP contribution in [0.5, 0.6) is 0 Å². The lowest BCUT2D eigenvalue weighted by Crippen LogP contribution is -2.49. The number of hydrogen-bond acceptors (Lipinski definition) is 8. The number of nitrogens with one attached hydrogen (secondary N) is 2. The molecule has 0 aliphatic heterocycles. The summed E-state index contributed by atoms with van der Waals surface area (Å²) in [7, 11) is 0. The van der Waals surface area contributed by atoms with Crippen LogP contribution in [0.4, 0.5) is 0 Å². The number of carbonyl (C=O) groups excluding carboxylic acids is 2. The van der Waals surface area contributed by atoms with Crippen LogP contribution in [-0.4, -0.2) is 66.4 Å². The highest BCUT2D eigenvalue weighted by molar-refractivity contribution is 7.07. The Balaban J connectivity index is 0.000000687. The number of amides is 2. The number of carboxylic acid groups (broad SMARTS) is 1. The summed E-state index contributed by atoms with van der Waals surface area (Å²) in [5, 5.41) is 29.0. The molecular weight excluding hydrogens is 400 g/mol. The van der Waals surface area contributed by atoms with Crippen molar-refractivity contribution < 1.29 is 24.6 Å². The summed E-state index contributed by atoms with van der Waals surface area (Å²) in [5.74, 6) is -1.46. The van der Waals surface area contributed by atoms with Gasteiger partial charge in [0.1, 0.15) is 18.3 Å². The van der Waals surface area contributed by atoms with E-state index in [0.717, 1.165) is 6.92 Å². The molecule has 0 spiro atoms. The highest BCUT2D eigenvalue weighted by atomic mass is 32.1. The fourth-order valence-corrected chi connectivity index (χ4v) is 3.44. The summed E-state index contributed by atoms with van der Waals surface area (Å²) in [6.45, 7) is 2.09. The van der Waals surface area contributed by atoms with E-state index in [2.05, 4.69) is 25.7 Å². The molecule has 1 saturated carbocycles. The largest absolute Gasteiger partial charge is 0.481 e. The average Bonchev–Trinajstić information content (AvgIpc) is 3.36. The van der Waals surface area contributed by atoms with E-state index in [4.69, 9.17) is 9.90 Å². The number of nitrogens with zero attached hydrogens (tertiary/aromatic N) is 4. The van der Waals surface area contributed by atoms with Crippen molar-refractivity contribution >= 4 is 29.1 Å². The van der Waals surface area contributed by atoms with E-state index >= 15 is 0 Å². The summed E-state index contributed by atoms with van der Waals surface area (Å²) in [6.07, 6.45) is 3.79. The first-order valence-corrected chi connectivity index (χ1v) is 9.98. The Kier molecular flexibility index (Phi) is 8.68. The van der Waals surface area contributed by atoms with E-state index < -0.39 is 12.1 Å². The standard InChI is InChI=1S/C15H20N6O3S.C2H4O2/c22-13-5-10(14(23)17-3-4-21-8-16-7-19-21)1-2-11(13)20-15(24)12-6-25-9-18-12;1-2(3)4/h6-11,13,22H,1-5H2,(H,17,23)(H,20,24);1H3,(H,3,4)/t10-,11+,13+;/m0./s1. The van der Waals surface area contributed by atoms with Crippen molar-refractivity contribution in [2.24, 2.45) is 5.92 Å². The lowest BCUT2D eigenvalue weighted by molar-refractivity contribution is -0.134. The lowest BCUT2D eigenvalue weighted by Gasteiger charge is -2.32. The third-order valence-corrected chi connectivity index (χ3v) is 4.86. The molecule has 1 aliphatic rings. The van der Waals surface area contributed by atoms with Gasteiger partial charge in [-0.3, -0.25) is 19.1 Å². The van der Waals surface area contributed by atoms with Crippen molar-refractivity contribution in [2.45, 2.75) is 44.9 Å². The van der Waals surface area contributed by atoms with E-state index in [9.17, 15) is 14.7 Å². The second-order valence-electron chi connectivity index (χ2n) is 6.50. The number of hydrogen-bond donors (Lipinski definition) is 4. The Morgan fingerprint density at radius 3 is 2.69 bits per heavy atom. The molecule has 1 fully saturated rings. The summed E-state index contributed by atoms with van der Waals surface area (Å²) < 4.78 is 1.64. The second-order valence-corrected chi connectivity index (χ2v) is 7.22. The number of thiazole rings is 1. The van der Waals surface area contributed by atoms with Crippen LogP contribution < -0.4 is 10.6 Å². The summed E-state index contributed by atoms with van der Waals surface area (Å²) >= 11 is 1.34. The third kappa shape index (κ3) is 7.58. The molecule has 2 heterocycles. The van der Waals surface area contributed by atoms with Crippen LogP contribution in [-0.2, 0) is 16.1 Å². The van der Waals surface area contributed by atoms with Gasteiger partial charge in [0.25, 0.3) is 11.9 Å². The molecule has 0 unspecified atom stereocenters. The number of carbonyl (C=O) groups is 3. The number of aliphatic hydroxyl groups is 1. The van der Waals surface area contributed by atoms with E-state index in [0.29, 0.717) is 38.0 Å². The maximum Gasteiger partial charge on any atom is 0.300 e. The smallest absolute Gasteiger partial charge is 0.300 e. The van der Waals surface area contributed by atoms with Crippen molar-refractivity contribution in [2.75, 3.05) is 6.54 Å². The fraction of sp³-hybridized carbons (Fsp3) is 0.529.